The van der Waals surface area contributed by atoms with E-state index in [1.54, 1.807) is 0 Å². The zero-order chi connectivity index (χ0) is 14.6. The molecule has 0 aliphatic heterocycles. The van der Waals surface area contributed by atoms with E-state index < -0.39 is 5.41 Å². The van der Waals surface area contributed by atoms with Crippen LogP contribution < -0.4 is 5.73 Å². The van der Waals surface area contributed by atoms with Gasteiger partial charge in [0.05, 0.1) is 10.4 Å². The van der Waals surface area contributed by atoms with Crippen LogP contribution in [0.15, 0.2) is 0 Å². The molecule has 0 spiro atoms. The Balaban J connectivity index is 2.98. The average Bonchev–Trinajstić information content (AvgIpc) is 2.62. The maximum absolute atomic E-state index is 12.9. The van der Waals surface area contributed by atoms with Crippen molar-refractivity contribution in [3.8, 4) is 0 Å². The highest BCUT2D eigenvalue weighted by molar-refractivity contribution is 7.80. The van der Waals surface area contributed by atoms with E-state index in [2.05, 4.69) is 20.8 Å². The third-order valence-corrected chi connectivity index (χ3v) is 5.12. The monoisotopic (exact) mass is 284 g/mol. The van der Waals surface area contributed by atoms with Crippen LogP contribution in [0.1, 0.15) is 59.3 Å². The minimum absolute atomic E-state index is 0.128. The Hall–Kier alpha value is -0.640. The summed E-state index contributed by atoms with van der Waals surface area (Å²) in [6.45, 7) is 6.36. The maximum Gasteiger partial charge on any atom is 0.235 e. The molecule has 1 amide bonds. The second-order valence-electron chi connectivity index (χ2n) is 6.26. The van der Waals surface area contributed by atoms with Crippen molar-refractivity contribution in [2.24, 2.45) is 17.1 Å². The summed E-state index contributed by atoms with van der Waals surface area (Å²) in [6.07, 6.45) is 6.09. The van der Waals surface area contributed by atoms with E-state index in [0.717, 1.165) is 25.7 Å². The molecule has 0 saturated heterocycles. The van der Waals surface area contributed by atoms with Gasteiger partial charge in [-0.2, -0.15) is 0 Å². The highest BCUT2D eigenvalue weighted by atomic mass is 32.1. The largest absolute Gasteiger partial charge is 0.392 e. The summed E-state index contributed by atoms with van der Waals surface area (Å²) in [7, 11) is 1.89. The Kier molecular flexibility index (Phi) is 5.78. The smallest absolute Gasteiger partial charge is 0.235 e. The lowest BCUT2D eigenvalue weighted by Gasteiger charge is -2.38. The van der Waals surface area contributed by atoms with E-state index in [4.69, 9.17) is 18.0 Å². The first kappa shape index (κ1) is 16.4. The quantitative estimate of drug-likeness (QED) is 0.637. The van der Waals surface area contributed by atoms with E-state index in [0.29, 0.717) is 10.9 Å². The molecule has 0 aromatic heterocycles. The van der Waals surface area contributed by atoms with Crippen molar-refractivity contribution in [2.75, 3.05) is 7.05 Å². The van der Waals surface area contributed by atoms with Gasteiger partial charge in [-0.3, -0.25) is 4.79 Å². The summed E-state index contributed by atoms with van der Waals surface area (Å²) in [4.78, 5) is 15.2. The Morgan fingerprint density at radius 3 is 2.00 bits per heavy atom. The lowest BCUT2D eigenvalue weighted by Crippen LogP contribution is -2.52. The molecular formula is C15H28N2OS. The van der Waals surface area contributed by atoms with E-state index >= 15 is 0 Å². The van der Waals surface area contributed by atoms with Gasteiger partial charge in [-0.25, -0.2) is 0 Å². The van der Waals surface area contributed by atoms with Gasteiger partial charge in [-0.1, -0.05) is 51.7 Å². The topological polar surface area (TPSA) is 46.3 Å². The molecule has 4 heteroatoms. The Morgan fingerprint density at radius 1 is 1.16 bits per heavy atom. The fraction of sp³-hybridized carbons (Fsp3) is 0.867. The van der Waals surface area contributed by atoms with Crippen LogP contribution >= 0.6 is 12.2 Å². The number of nitrogens with two attached hydrogens (primary N) is 1. The van der Waals surface area contributed by atoms with Crippen LogP contribution in [-0.4, -0.2) is 28.9 Å². The molecule has 1 fully saturated rings. The van der Waals surface area contributed by atoms with Gasteiger partial charge < -0.3 is 10.6 Å². The van der Waals surface area contributed by atoms with E-state index in [1.807, 2.05) is 11.9 Å². The summed E-state index contributed by atoms with van der Waals surface area (Å²) in [6, 6.07) is 0.210. The van der Waals surface area contributed by atoms with E-state index in [-0.39, 0.29) is 11.9 Å². The van der Waals surface area contributed by atoms with Gasteiger partial charge in [0.1, 0.15) is 0 Å². The fourth-order valence-corrected chi connectivity index (χ4v) is 3.16. The van der Waals surface area contributed by atoms with Crippen LogP contribution in [0.2, 0.25) is 0 Å². The Bertz CT molecular complexity index is 333. The van der Waals surface area contributed by atoms with Crippen LogP contribution in [-0.2, 0) is 4.79 Å². The minimum Gasteiger partial charge on any atom is -0.392 e. The first-order chi connectivity index (χ1) is 8.83. The molecule has 1 aliphatic rings. The molecule has 19 heavy (non-hydrogen) atoms. The average molecular weight is 284 g/mol. The van der Waals surface area contributed by atoms with Crippen LogP contribution in [0.5, 0.6) is 0 Å². The lowest BCUT2D eigenvalue weighted by atomic mass is 9.78. The highest BCUT2D eigenvalue weighted by Gasteiger charge is 2.44. The number of nitrogens with zero attached hydrogens (tertiary/aromatic N) is 1. The summed E-state index contributed by atoms with van der Waals surface area (Å²) in [5, 5.41) is 0. The van der Waals surface area contributed by atoms with Crippen molar-refractivity contribution < 1.29 is 4.79 Å². The van der Waals surface area contributed by atoms with Crippen molar-refractivity contribution >= 4 is 23.1 Å². The zero-order valence-corrected chi connectivity index (χ0v) is 13.6. The number of thiocarbonyl (C=S) groups is 1. The highest BCUT2D eigenvalue weighted by Crippen LogP contribution is 2.37. The molecule has 0 heterocycles. The second kappa shape index (κ2) is 6.69. The molecule has 3 nitrogen and oxygen atoms in total. The molecule has 0 bridgehead atoms. The summed E-state index contributed by atoms with van der Waals surface area (Å²) in [5.41, 5.74) is 5.38. The molecule has 1 saturated carbocycles. The standard InChI is InChI=1S/C15H28N2OS/c1-11(2)12(3)17(4)14(18)15(13(16)19)9-7-5-6-8-10-15/h11-12H,5-10H2,1-4H3,(H2,16,19). The van der Waals surface area contributed by atoms with Gasteiger partial charge in [0.15, 0.2) is 0 Å². The molecule has 0 aromatic carbocycles. The molecule has 1 unspecified atom stereocenters. The molecule has 1 aliphatic carbocycles. The molecule has 1 rings (SSSR count). The van der Waals surface area contributed by atoms with Crippen molar-refractivity contribution in [3.63, 3.8) is 0 Å². The van der Waals surface area contributed by atoms with Gasteiger partial charge in [0, 0.05) is 13.1 Å². The van der Waals surface area contributed by atoms with Crippen LogP contribution in [0.3, 0.4) is 0 Å². The van der Waals surface area contributed by atoms with Crippen molar-refractivity contribution in [2.45, 2.75) is 65.3 Å². The Labute approximate surface area is 122 Å². The van der Waals surface area contributed by atoms with Gasteiger partial charge in [0.2, 0.25) is 5.91 Å². The van der Waals surface area contributed by atoms with Crippen molar-refractivity contribution in [1.82, 2.24) is 4.90 Å². The number of carbonyl (C=O) groups is 1. The van der Waals surface area contributed by atoms with Gasteiger partial charge in [-0.15, -0.1) is 0 Å². The molecule has 0 aromatic rings. The van der Waals surface area contributed by atoms with Gasteiger partial charge in [-0.05, 0) is 25.7 Å². The molecule has 2 N–H and O–H groups in total. The molecular weight excluding hydrogens is 256 g/mol. The Morgan fingerprint density at radius 2 is 1.63 bits per heavy atom. The number of hydrogen-bond donors (Lipinski definition) is 1. The number of hydrogen-bond acceptors (Lipinski definition) is 2. The second-order valence-corrected chi connectivity index (χ2v) is 6.70. The number of rotatable bonds is 4. The summed E-state index contributed by atoms with van der Waals surface area (Å²) >= 11 is 5.27. The third kappa shape index (κ3) is 3.47. The minimum atomic E-state index is -0.594. The SMILES string of the molecule is CC(C)C(C)N(C)C(=O)C1(C(N)=S)CCCCCC1. The van der Waals surface area contributed by atoms with Crippen molar-refractivity contribution in [1.29, 1.82) is 0 Å². The zero-order valence-electron chi connectivity index (χ0n) is 12.7. The molecule has 0 radical (unpaired) electrons. The van der Waals surface area contributed by atoms with Crippen molar-refractivity contribution in [3.05, 3.63) is 0 Å². The normalized spacial score (nSPS) is 20.7. The number of carbonyl (C=O) groups excluding carboxylic acids is 1. The summed E-state index contributed by atoms with van der Waals surface area (Å²) in [5.74, 6) is 0.561. The molecule has 110 valence electrons. The first-order valence-electron chi connectivity index (χ1n) is 7.40. The third-order valence-electron chi connectivity index (χ3n) is 4.73. The predicted octanol–water partition coefficient (Wildman–Crippen LogP) is 3.12. The first-order valence-corrected chi connectivity index (χ1v) is 7.81. The predicted molar refractivity (Wildman–Crippen MR) is 84.0 cm³/mol. The van der Waals surface area contributed by atoms with Crippen LogP contribution in [0, 0.1) is 11.3 Å². The maximum atomic E-state index is 12.9. The molecule has 1 atom stereocenters. The lowest BCUT2D eigenvalue weighted by molar-refractivity contribution is -0.140. The summed E-state index contributed by atoms with van der Waals surface area (Å²) < 4.78 is 0. The van der Waals surface area contributed by atoms with Crippen LogP contribution in [0.25, 0.3) is 0 Å². The van der Waals surface area contributed by atoms with Crippen LogP contribution in [0.4, 0.5) is 0 Å². The van der Waals surface area contributed by atoms with Gasteiger partial charge >= 0.3 is 0 Å². The van der Waals surface area contributed by atoms with E-state index in [1.165, 1.54) is 12.8 Å². The van der Waals surface area contributed by atoms with Gasteiger partial charge in [0.25, 0.3) is 0 Å². The fourth-order valence-electron chi connectivity index (χ4n) is 2.87. The number of amides is 1. The van der Waals surface area contributed by atoms with E-state index in [9.17, 15) is 4.79 Å².